The normalized spacial score (nSPS) is 31.0. The highest BCUT2D eigenvalue weighted by Crippen LogP contribution is 2.61. The lowest BCUT2D eigenvalue weighted by Crippen LogP contribution is -2.62. The fraction of sp³-hybridized carbons (Fsp3) is 0.800. The predicted octanol–water partition coefficient (Wildman–Crippen LogP) is 5.18. The van der Waals surface area contributed by atoms with Crippen molar-refractivity contribution < 1.29 is 14.7 Å². The summed E-state index contributed by atoms with van der Waals surface area (Å²) in [5.74, 6) is 1.86. The second-order valence-corrected chi connectivity index (χ2v) is 15.7. The molecule has 3 saturated carbocycles. The van der Waals surface area contributed by atoms with Gasteiger partial charge in [-0.3, -0.25) is 14.5 Å². The first-order valence-electron chi connectivity index (χ1n) is 16.5. The summed E-state index contributed by atoms with van der Waals surface area (Å²) in [6.45, 7) is 20.6. The highest BCUT2D eigenvalue weighted by Gasteiger charge is 2.57. The van der Waals surface area contributed by atoms with Gasteiger partial charge in [0.25, 0.3) is 0 Å². The van der Waals surface area contributed by atoms with Crippen LogP contribution in [-0.4, -0.2) is 84.4 Å². The Balaban J connectivity index is 1.45. The zero-order valence-corrected chi connectivity index (χ0v) is 28.0. The van der Waals surface area contributed by atoms with Gasteiger partial charge < -0.3 is 15.3 Å². The topological polar surface area (TPSA) is 68.3 Å². The molecule has 42 heavy (non-hydrogen) atoms. The lowest BCUT2D eigenvalue weighted by molar-refractivity contribution is -0.183. The molecule has 2 N–H and O–H groups in total. The Hall–Kier alpha value is -1.51. The smallest absolute Gasteiger partial charge is 0.240 e. The van der Waals surface area contributed by atoms with Crippen LogP contribution in [0.4, 0.5) is 0 Å². The number of amides is 1. The van der Waals surface area contributed by atoms with E-state index in [0.29, 0.717) is 35.1 Å². The first-order chi connectivity index (χ1) is 19.7. The number of aliphatic hydroxyl groups excluding tert-OH is 1. The fourth-order valence-corrected chi connectivity index (χ4v) is 7.83. The fourth-order valence-electron chi connectivity index (χ4n) is 7.83. The number of nitrogens with zero attached hydrogens (tertiary/aromatic N) is 3. The minimum Gasteiger partial charge on any atom is -0.394 e. The molecule has 4 fully saturated rings. The van der Waals surface area contributed by atoms with E-state index < -0.39 is 6.04 Å². The van der Waals surface area contributed by atoms with Crippen LogP contribution in [-0.2, 0) is 22.7 Å². The molecule has 0 radical (unpaired) electrons. The molecule has 7 nitrogen and oxygen atoms in total. The van der Waals surface area contributed by atoms with Crippen LogP contribution in [0.1, 0.15) is 85.3 Å². The molecular formula is C35H60N4O3. The van der Waals surface area contributed by atoms with Gasteiger partial charge in [-0.15, -0.1) is 0 Å². The van der Waals surface area contributed by atoms with Crippen LogP contribution in [0.15, 0.2) is 24.3 Å². The maximum atomic E-state index is 13.9. The Morgan fingerprint density at radius 2 is 1.86 bits per heavy atom. The minimum absolute atomic E-state index is 0.0398. The van der Waals surface area contributed by atoms with Gasteiger partial charge in [-0.05, 0) is 86.0 Å². The lowest BCUT2D eigenvalue weighted by atomic mass is 9.45. The predicted molar refractivity (Wildman–Crippen MR) is 171 cm³/mol. The van der Waals surface area contributed by atoms with Gasteiger partial charge in [-0.2, -0.15) is 5.06 Å². The molecule has 1 aromatic rings. The molecule has 0 unspecified atom stereocenters. The van der Waals surface area contributed by atoms with Crippen molar-refractivity contribution in [3.63, 3.8) is 0 Å². The number of nitrogens with one attached hydrogen (secondary N) is 1. The first-order valence-corrected chi connectivity index (χ1v) is 16.5. The van der Waals surface area contributed by atoms with Crippen molar-refractivity contribution in [3.8, 4) is 0 Å². The summed E-state index contributed by atoms with van der Waals surface area (Å²) >= 11 is 0. The van der Waals surface area contributed by atoms with Gasteiger partial charge in [0.05, 0.1) is 13.2 Å². The quantitative estimate of drug-likeness (QED) is 0.333. The van der Waals surface area contributed by atoms with E-state index in [1.165, 1.54) is 12.0 Å². The van der Waals surface area contributed by atoms with Gasteiger partial charge in [0, 0.05) is 31.6 Å². The van der Waals surface area contributed by atoms with E-state index in [0.717, 1.165) is 51.0 Å². The number of rotatable bonds is 13. The summed E-state index contributed by atoms with van der Waals surface area (Å²) < 4.78 is 0. The molecule has 4 aliphatic rings. The molecule has 1 aliphatic heterocycles. The Morgan fingerprint density at radius 3 is 2.45 bits per heavy atom. The number of hydroxylamine groups is 2. The zero-order chi connectivity index (χ0) is 30.8. The van der Waals surface area contributed by atoms with Crippen LogP contribution in [0.2, 0.25) is 0 Å². The van der Waals surface area contributed by atoms with Crippen LogP contribution in [0.3, 0.4) is 0 Å². The summed E-state index contributed by atoms with van der Waals surface area (Å²) in [7, 11) is 4.26. The van der Waals surface area contributed by atoms with Crippen LogP contribution < -0.4 is 5.32 Å². The molecule has 2 bridgehead atoms. The van der Waals surface area contributed by atoms with Crippen molar-refractivity contribution in [1.29, 1.82) is 0 Å². The lowest BCUT2D eigenvalue weighted by Gasteiger charge is -2.62. The number of carbonyl (C=O) groups is 1. The van der Waals surface area contributed by atoms with E-state index >= 15 is 0 Å². The van der Waals surface area contributed by atoms with Gasteiger partial charge in [0.1, 0.15) is 12.1 Å². The number of hydrogen-bond acceptors (Lipinski definition) is 6. The third kappa shape index (κ3) is 7.76. The zero-order valence-electron chi connectivity index (χ0n) is 28.0. The Kier molecular flexibility index (Phi) is 10.8. The van der Waals surface area contributed by atoms with E-state index in [1.807, 2.05) is 5.06 Å². The van der Waals surface area contributed by atoms with Gasteiger partial charge in [-0.25, -0.2) is 0 Å². The van der Waals surface area contributed by atoms with Gasteiger partial charge >= 0.3 is 0 Å². The van der Waals surface area contributed by atoms with Gasteiger partial charge in [0.2, 0.25) is 5.91 Å². The van der Waals surface area contributed by atoms with E-state index in [1.54, 1.807) is 0 Å². The minimum atomic E-state index is -0.405. The summed E-state index contributed by atoms with van der Waals surface area (Å²) in [5.41, 5.74) is 3.10. The van der Waals surface area contributed by atoms with Crippen molar-refractivity contribution in [2.45, 2.75) is 105 Å². The van der Waals surface area contributed by atoms with Gasteiger partial charge in [0.15, 0.2) is 0 Å². The van der Waals surface area contributed by atoms with Crippen LogP contribution in [0.5, 0.6) is 0 Å². The van der Waals surface area contributed by atoms with E-state index in [9.17, 15) is 9.90 Å². The Bertz CT molecular complexity index is 1040. The van der Waals surface area contributed by atoms with Crippen LogP contribution >= 0.6 is 0 Å². The number of likely N-dealkylation sites (N-methyl/N-ethyl adjacent to an activating group) is 1. The van der Waals surface area contributed by atoms with E-state index in [2.05, 4.69) is 102 Å². The first kappa shape index (κ1) is 33.4. The van der Waals surface area contributed by atoms with Crippen molar-refractivity contribution in [2.24, 2.45) is 34.5 Å². The standard InChI is InChI=1S/C35H60N4O3/c1-10-28-31(23-40)42-39(32(28)33(41)36-30-20-27-19-29(24(30)2)35(27,6)7)22-26-13-11-12-25(18-26)21-38(17-16-37(8)9)15-14-34(3,4)5/h11-13,18,24,27-32,40H,10,14-17,19-23H2,1-9H3,(H,36,41)/t24-,27+,28+,29-,30-,31-,32-/m0/s1. The molecule has 1 saturated heterocycles. The van der Waals surface area contributed by atoms with Gasteiger partial charge in [-0.1, -0.05) is 72.7 Å². The molecule has 7 atom stereocenters. The molecule has 238 valence electrons. The third-order valence-corrected chi connectivity index (χ3v) is 10.8. The number of carbonyl (C=O) groups excluding carboxylic acids is 1. The molecule has 0 aromatic heterocycles. The molecule has 0 spiro atoms. The van der Waals surface area contributed by atoms with E-state index in [4.69, 9.17) is 4.84 Å². The summed E-state index contributed by atoms with van der Waals surface area (Å²) in [6, 6.07) is 8.55. The second-order valence-electron chi connectivity index (χ2n) is 15.7. The molecular weight excluding hydrogens is 524 g/mol. The largest absolute Gasteiger partial charge is 0.394 e. The highest BCUT2D eigenvalue weighted by molar-refractivity contribution is 5.82. The van der Waals surface area contributed by atoms with E-state index in [-0.39, 0.29) is 30.6 Å². The molecule has 3 aliphatic carbocycles. The average molecular weight is 585 g/mol. The summed E-state index contributed by atoms with van der Waals surface area (Å²) in [5, 5.41) is 15.5. The number of fused-ring (bicyclic) bond motifs is 2. The monoisotopic (exact) mass is 584 g/mol. The Labute approximate surface area is 256 Å². The highest BCUT2D eigenvalue weighted by atomic mass is 16.7. The molecule has 7 heteroatoms. The average Bonchev–Trinajstić information content (AvgIpc) is 3.27. The molecule has 1 amide bonds. The number of aliphatic hydroxyl groups is 1. The van der Waals surface area contributed by atoms with Crippen LogP contribution in [0.25, 0.3) is 0 Å². The van der Waals surface area contributed by atoms with Crippen molar-refractivity contribution in [1.82, 2.24) is 20.2 Å². The maximum absolute atomic E-state index is 13.9. The third-order valence-electron chi connectivity index (χ3n) is 10.8. The number of hydrogen-bond donors (Lipinski definition) is 2. The SMILES string of the molecule is CC[C@@H]1[C@H](CO)ON(Cc2cccc(CN(CCN(C)C)CCC(C)(C)C)c2)[C@@H]1C(=O)N[C@H]1C[C@H]2C[C@@H]([C@@H]1C)C2(C)C. The molecule has 5 rings (SSSR count). The number of benzene rings is 1. The van der Waals surface area contributed by atoms with Crippen molar-refractivity contribution in [3.05, 3.63) is 35.4 Å². The van der Waals surface area contributed by atoms with Crippen LogP contribution in [0, 0.1) is 34.5 Å². The Morgan fingerprint density at radius 1 is 1.14 bits per heavy atom. The molecule has 1 heterocycles. The maximum Gasteiger partial charge on any atom is 0.240 e. The second kappa shape index (κ2) is 13.6. The summed E-state index contributed by atoms with van der Waals surface area (Å²) in [6.07, 6.45) is 3.93. The van der Waals surface area contributed by atoms with Crippen molar-refractivity contribution in [2.75, 3.05) is 40.3 Å². The summed E-state index contributed by atoms with van der Waals surface area (Å²) in [4.78, 5) is 25.0. The molecule has 1 aromatic carbocycles. The van der Waals surface area contributed by atoms with Crippen molar-refractivity contribution >= 4 is 5.91 Å².